The Morgan fingerprint density at radius 3 is 1.82 bits per heavy atom. The van der Waals surface area contributed by atoms with E-state index in [4.69, 9.17) is 10.8 Å². The molecule has 3 N–H and O–H groups in total. The number of hydrogen-bond acceptors (Lipinski definition) is 2. The Morgan fingerprint density at radius 1 is 1.27 bits per heavy atom. The molecule has 0 aliphatic heterocycles. The first kappa shape index (κ1) is 8.81. The van der Waals surface area contributed by atoms with Gasteiger partial charge in [-0.1, -0.05) is 0 Å². The van der Waals surface area contributed by atoms with Crippen molar-refractivity contribution in [3.8, 4) is 0 Å². The molecule has 11 heavy (non-hydrogen) atoms. The lowest BCUT2D eigenvalue weighted by Crippen LogP contribution is -2.62. The van der Waals surface area contributed by atoms with Gasteiger partial charge in [0.05, 0.1) is 0 Å². The maximum Gasteiger partial charge on any atom is 0.324 e. The van der Waals surface area contributed by atoms with Crippen molar-refractivity contribution in [3.63, 3.8) is 0 Å². The Balaban J connectivity index is 0.000000605. The van der Waals surface area contributed by atoms with Gasteiger partial charge in [0.15, 0.2) is 0 Å². The zero-order valence-corrected chi connectivity index (χ0v) is 6.99. The van der Waals surface area contributed by atoms with Gasteiger partial charge in [-0.25, -0.2) is 0 Å². The molecule has 0 radical (unpaired) electrons. The van der Waals surface area contributed by atoms with Crippen LogP contribution in [0.15, 0.2) is 0 Å². The lowest BCUT2D eigenvalue weighted by Gasteiger charge is -2.44. The number of hydrogen-bond donors (Lipinski definition) is 2. The lowest BCUT2D eigenvalue weighted by atomic mass is 9.64. The number of halogens is 1. The molecule has 2 saturated carbocycles. The molecule has 0 saturated heterocycles. The van der Waals surface area contributed by atoms with Crippen LogP contribution in [0.5, 0.6) is 0 Å². The molecule has 1 atom stereocenters. The van der Waals surface area contributed by atoms with Crippen LogP contribution in [0.25, 0.3) is 0 Å². The third-order valence-electron chi connectivity index (χ3n) is 3.18. The Bertz CT molecular complexity index is 203. The number of carboxylic acid groups (broad SMARTS) is 1. The van der Waals surface area contributed by atoms with Crippen LogP contribution in [-0.4, -0.2) is 16.6 Å². The second-order valence-electron chi connectivity index (χ2n) is 3.56. The number of aliphatic carboxylic acids is 1. The van der Waals surface area contributed by atoms with E-state index >= 15 is 0 Å². The monoisotopic (exact) mass is 177 g/mol. The zero-order valence-electron chi connectivity index (χ0n) is 6.17. The van der Waals surface area contributed by atoms with Gasteiger partial charge in [0, 0.05) is 0 Å². The maximum atomic E-state index is 10.6. The molecule has 2 aliphatic rings. The van der Waals surface area contributed by atoms with E-state index in [1.807, 2.05) is 0 Å². The summed E-state index contributed by atoms with van der Waals surface area (Å²) in [7, 11) is 0. The number of nitrogens with two attached hydrogens (primary N) is 1. The standard InChI is InChI=1S/C7H11NO2.ClH/c8-7(5(9)10)4-3-6(7)1-2-6;/h1-4,8H2,(H,9,10);1H. The summed E-state index contributed by atoms with van der Waals surface area (Å²) >= 11 is 0. The smallest absolute Gasteiger partial charge is 0.324 e. The fourth-order valence-corrected chi connectivity index (χ4v) is 1.93. The molecule has 2 fully saturated rings. The summed E-state index contributed by atoms with van der Waals surface area (Å²) in [6.07, 6.45) is 3.74. The van der Waals surface area contributed by atoms with Crippen LogP contribution in [-0.2, 0) is 4.79 Å². The summed E-state index contributed by atoms with van der Waals surface area (Å²) in [5.41, 5.74) is 4.86. The summed E-state index contributed by atoms with van der Waals surface area (Å²) < 4.78 is 0. The third-order valence-corrected chi connectivity index (χ3v) is 3.18. The van der Waals surface area contributed by atoms with Gasteiger partial charge in [-0.05, 0) is 31.1 Å². The van der Waals surface area contributed by atoms with Gasteiger partial charge in [-0.3, -0.25) is 4.79 Å². The van der Waals surface area contributed by atoms with Crippen molar-refractivity contribution < 1.29 is 9.90 Å². The van der Waals surface area contributed by atoms with Crippen LogP contribution in [0.4, 0.5) is 0 Å². The minimum atomic E-state index is -0.854. The molecule has 2 aliphatic carbocycles. The summed E-state index contributed by atoms with van der Waals surface area (Å²) in [6.45, 7) is 0. The zero-order chi connectivity index (χ0) is 7.41. The Morgan fingerprint density at radius 2 is 1.73 bits per heavy atom. The highest BCUT2D eigenvalue weighted by Crippen LogP contribution is 2.65. The molecule has 3 nitrogen and oxygen atoms in total. The average molecular weight is 178 g/mol. The molecule has 64 valence electrons. The van der Waals surface area contributed by atoms with Crippen LogP contribution in [0.3, 0.4) is 0 Å². The van der Waals surface area contributed by atoms with Gasteiger partial charge in [-0.15, -0.1) is 12.4 Å². The van der Waals surface area contributed by atoms with E-state index in [1.165, 1.54) is 0 Å². The Labute approximate surface area is 71.4 Å². The van der Waals surface area contributed by atoms with Gasteiger partial charge >= 0.3 is 5.97 Å². The first-order valence-corrected chi connectivity index (χ1v) is 3.63. The van der Waals surface area contributed by atoms with Crippen molar-refractivity contribution in [2.45, 2.75) is 31.2 Å². The summed E-state index contributed by atoms with van der Waals surface area (Å²) in [5.74, 6) is -0.809. The highest BCUT2D eigenvalue weighted by molar-refractivity contribution is 5.85. The molecule has 0 aromatic rings. The second kappa shape index (κ2) is 2.11. The quantitative estimate of drug-likeness (QED) is 0.622. The normalized spacial score (nSPS) is 37.2. The van der Waals surface area contributed by atoms with Gasteiger partial charge in [0.25, 0.3) is 0 Å². The molecule has 0 aromatic carbocycles. The first-order valence-electron chi connectivity index (χ1n) is 3.63. The van der Waals surface area contributed by atoms with E-state index in [0.29, 0.717) is 6.42 Å². The molecule has 0 heterocycles. The molecule has 4 heteroatoms. The maximum absolute atomic E-state index is 10.6. The van der Waals surface area contributed by atoms with Crippen molar-refractivity contribution in [2.24, 2.45) is 11.1 Å². The van der Waals surface area contributed by atoms with Crippen LogP contribution < -0.4 is 5.73 Å². The molecule has 0 aromatic heterocycles. The Hall–Kier alpha value is -0.280. The molecular formula is C7H12ClNO2. The predicted octanol–water partition coefficient (Wildman–Crippen LogP) is 0.764. The molecule has 0 amide bonds. The third kappa shape index (κ3) is 0.811. The minimum Gasteiger partial charge on any atom is -0.480 e. The predicted molar refractivity (Wildman–Crippen MR) is 42.7 cm³/mol. The average Bonchev–Trinajstić information content (AvgIpc) is 2.63. The van der Waals surface area contributed by atoms with E-state index in [-0.39, 0.29) is 17.8 Å². The molecule has 1 unspecified atom stereocenters. The number of carboxylic acids is 1. The molecule has 2 rings (SSSR count). The topological polar surface area (TPSA) is 63.3 Å². The van der Waals surface area contributed by atoms with Crippen molar-refractivity contribution in [1.82, 2.24) is 0 Å². The minimum absolute atomic E-state index is 0. The van der Waals surface area contributed by atoms with Crippen LogP contribution in [0, 0.1) is 5.41 Å². The fourth-order valence-electron chi connectivity index (χ4n) is 1.93. The highest BCUT2D eigenvalue weighted by Gasteiger charge is 2.67. The van der Waals surface area contributed by atoms with Crippen molar-refractivity contribution in [3.05, 3.63) is 0 Å². The Kier molecular flexibility index (Phi) is 1.69. The van der Waals surface area contributed by atoms with Gasteiger partial charge < -0.3 is 10.8 Å². The largest absolute Gasteiger partial charge is 0.480 e. The van der Waals surface area contributed by atoms with Crippen LogP contribution in [0.1, 0.15) is 25.7 Å². The second-order valence-corrected chi connectivity index (χ2v) is 3.56. The molecular weight excluding hydrogens is 166 g/mol. The van der Waals surface area contributed by atoms with E-state index < -0.39 is 11.5 Å². The van der Waals surface area contributed by atoms with E-state index in [0.717, 1.165) is 19.3 Å². The van der Waals surface area contributed by atoms with Crippen LogP contribution >= 0.6 is 12.4 Å². The van der Waals surface area contributed by atoms with Crippen molar-refractivity contribution in [2.75, 3.05) is 0 Å². The van der Waals surface area contributed by atoms with Gasteiger partial charge in [0.1, 0.15) is 5.54 Å². The SMILES string of the molecule is Cl.NC1(C(=O)O)CCC12CC2. The van der Waals surface area contributed by atoms with E-state index in [1.54, 1.807) is 0 Å². The summed E-state index contributed by atoms with van der Waals surface area (Å²) in [4.78, 5) is 10.6. The highest BCUT2D eigenvalue weighted by atomic mass is 35.5. The molecule has 0 bridgehead atoms. The fraction of sp³-hybridized carbons (Fsp3) is 0.857. The summed E-state index contributed by atoms with van der Waals surface area (Å²) in [6, 6.07) is 0. The lowest BCUT2D eigenvalue weighted by molar-refractivity contribution is -0.152. The first-order chi connectivity index (χ1) is 4.61. The molecule has 1 spiro atoms. The van der Waals surface area contributed by atoms with Crippen molar-refractivity contribution in [1.29, 1.82) is 0 Å². The van der Waals surface area contributed by atoms with Gasteiger partial charge in [-0.2, -0.15) is 0 Å². The summed E-state index contributed by atoms with van der Waals surface area (Å²) in [5, 5.41) is 8.74. The van der Waals surface area contributed by atoms with E-state index in [2.05, 4.69) is 0 Å². The number of carbonyl (C=O) groups is 1. The van der Waals surface area contributed by atoms with E-state index in [9.17, 15) is 4.79 Å². The van der Waals surface area contributed by atoms with Gasteiger partial charge in [0.2, 0.25) is 0 Å². The van der Waals surface area contributed by atoms with Crippen LogP contribution in [0.2, 0.25) is 0 Å². The van der Waals surface area contributed by atoms with Crippen molar-refractivity contribution >= 4 is 18.4 Å². The number of rotatable bonds is 1.